The number of nitrogens with one attached hydrogen (secondary N) is 3. The number of benzene rings is 1. The number of anilines is 2. The Balaban J connectivity index is 1.84. The number of halogens is 1. The number of H-pyrrole nitrogens is 1. The van der Waals surface area contributed by atoms with Crippen LogP contribution >= 0.6 is 11.6 Å². The second kappa shape index (κ2) is 9.28. The van der Waals surface area contributed by atoms with E-state index < -0.39 is 0 Å². The maximum absolute atomic E-state index is 12.8. The number of aromatic nitrogens is 2. The number of aromatic amines is 1. The fourth-order valence-electron chi connectivity index (χ4n) is 3.62. The summed E-state index contributed by atoms with van der Waals surface area (Å²) in [5, 5.41) is 6.75. The first kappa shape index (κ1) is 21.0. The third-order valence-electron chi connectivity index (χ3n) is 5.06. The summed E-state index contributed by atoms with van der Waals surface area (Å²) in [4.78, 5) is 20.4. The highest BCUT2D eigenvalue weighted by molar-refractivity contribution is 6.32. The molecule has 31 heavy (non-hydrogen) atoms. The molecule has 0 unspecified atom stereocenters. The number of pyridine rings is 1. The van der Waals surface area contributed by atoms with Crippen molar-refractivity contribution < 1.29 is 14.3 Å². The number of hydrogen-bond donors (Lipinski definition) is 4. The molecule has 9 heteroatoms. The number of rotatable bonds is 8. The Morgan fingerprint density at radius 3 is 3.00 bits per heavy atom. The van der Waals surface area contributed by atoms with E-state index in [0.29, 0.717) is 59.6 Å². The highest BCUT2D eigenvalue weighted by Crippen LogP contribution is 2.42. The molecule has 0 atom stereocenters. The number of nitrogens with two attached hydrogens (primary N) is 1. The number of amides is 1. The van der Waals surface area contributed by atoms with Crippen molar-refractivity contribution in [2.75, 3.05) is 32.1 Å². The van der Waals surface area contributed by atoms with Gasteiger partial charge in [-0.1, -0.05) is 17.7 Å². The molecule has 0 radical (unpaired) electrons. The summed E-state index contributed by atoms with van der Waals surface area (Å²) < 4.78 is 11.4. The molecule has 1 amide bonds. The van der Waals surface area contributed by atoms with Crippen molar-refractivity contribution in [3.05, 3.63) is 52.9 Å². The normalized spacial score (nSPS) is 12.8. The van der Waals surface area contributed by atoms with Crippen molar-refractivity contribution in [3.8, 4) is 22.8 Å². The van der Waals surface area contributed by atoms with Crippen LogP contribution < -0.4 is 25.8 Å². The number of para-hydroxylation sites is 1. The number of hydrogen-bond acceptors (Lipinski definition) is 6. The predicted molar refractivity (Wildman–Crippen MR) is 121 cm³/mol. The minimum atomic E-state index is -0.146. The molecule has 3 heterocycles. The number of carbonyl (C=O) groups excluding carboxylic acids is 1. The Kier molecular flexibility index (Phi) is 6.29. The van der Waals surface area contributed by atoms with Crippen LogP contribution in [-0.4, -0.2) is 42.7 Å². The molecule has 8 nitrogen and oxygen atoms in total. The van der Waals surface area contributed by atoms with Crippen LogP contribution in [0.2, 0.25) is 5.02 Å². The van der Waals surface area contributed by atoms with Gasteiger partial charge in [0.2, 0.25) is 0 Å². The van der Waals surface area contributed by atoms with Gasteiger partial charge in [-0.15, -0.1) is 0 Å². The van der Waals surface area contributed by atoms with Gasteiger partial charge in [0.15, 0.2) is 5.75 Å². The van der Waals surface area contributed by atoms with E-state index in [4.69, 9.17) is 26.8 Å². The van der Waals surface area contributed by atoms with Gasteiger partial charge in [0.1, 0.15) is 5.75 Å². The zero-order valence-corrected chi connectivity index (χ0v) is 17.9. The molecule has 1 aromatic carbocycles. The number of nitrogens with zero attached hydrogens (tertiary/aromatic N) is 1. The lowest BCUT2D eigenvalue weighted by molar-refractivity contribution is 0.0947. The number of ether oxygens (including phenoxy) is 2. The number of fused-ring (bicyclic) bond motifs is 1. The zero-order chi connectivity index (χ0) is 21.8. The van der Waals surface area contributed by atoms with Gasteiger partial charge in [0.25, 0.3) is 5.91 Å². The third kappa shape index (κ3) is 4.17. The van der Waals surface area contributed by atoms with E-state index in [1.165, 1.54) is 0 Å². The summed E-state index contributed by atoms with van der Waals surface area (Å²) in [5.74, 6) is 0.957. The lowest BCUT2D eigenvalue weighted by atomic mass is 10.0. The molecule has 0 saturated heterocycles. The largest absolute Gasteiger partial charge is 0.493 e. The van der Waals surface area contributed by atoms with Gasteiger partial charge in [0.05, 0.1) is 47.6 Å². The van der Waals surface area contributed by atoms with E-state index in [1.54, 1.807) is 25.6 Å². The van der Waals surface area contributed by atoms with E-state index in [9.17, 15) is 4.79 Å². The minimum Gasteiger partial charge on any atom is -0.493 e. The Morgan fingerprint density at radius 1 is 1.32 bits per heavy atom. The van der Waals surface area contributed by atoms with E-state index in [2.05, 4.69) is 20.6 Å². The Labute approximate surface area is 185 Å². The van der Waals surface area contributed by atoms with Crippen LogP contribution in [0.5, 0.6) is 11.5 Å². The topological polar surface area (TPSA) is 114 Å². The molecule has 1 aliphatic heterocycles. The minimum absolute atomic E-state index is 0.146. The first-order chi connectivity index (χ1) is 15.1. The van der Waals surface area contributed by atoms with Crippen LogP contribution in [-0.2, 0) is 6.42 Å². The van der Waals surface area contributed by atoms with Crippen molar-refractivity contribution in [1.82, 2.24) is 15.3 Å². The van der Waals surface area contributed by atoms with E-state index >= 15 is 0 Å². The second-order valence-corrected chi connectivity index (χ2v) is 7.45. The summed E-state index contributed by atoms with van der Waals surface area (Å²) in [6.07, 6.45) is 4.77. The Hall–Kier alpha value is -3.23. The molecule has 1 aliphatic rings. The first-order valence-electron chi connectivity index (χ1n) is 10.0. The predicted octanol–water partition coefficient (Wildman–Crippen LogP) is 3.50. The molecular weight excluding hydrogens is 418 g/mol. The van der Waals surface area contributed by atoms with Gasteiger partial charge >= 0.3 is 0 Å². The molecule has 0 fully saturated rings. The highest BCUT2D eigenvalue weighted by atomic mass is 35.5. The lowest BCUT2D eigenvalue weighted by Crippen LogP contribution is -2.31. The maximum Gasteiger partial charge on any atom is 0.255 e. The van der Waals surface area contributed by atoms with Crippen molar-refractivity contribution in [1.29, 1.82) is 0 Å². The fraction of sp³-hybridized carbons (Fsp3) is 0.273. The van der Waals surface area contributed by atoms with Crippen molar-refractivity contribution in [3.63, 3.8) is 0 Å². The average molecular weight is 442 g/mol. The first-order valence-corrected chi connectivity index (χ1v) is 10.4. The van der Waals surface area contributed by atoms with Crippen LogP contribution in [0.4, 0.5) is 11.4 Å². The van der Waals surface area contributed by atoms with Crippen LogP contribution in [0.3, 0.4) is 0 Å². The number of carbonyl (C=O) groups is 1. The summed E-state index contributed by atoms with van der Waals surface area (Å²) >= 11 is 6.30. The molecule has 0 saturated carbocycles. The highest BCUT2D eigenvalue weighted by Gasteiger charge is 2.28. The van der Waals surface area contributed by atoms with Gasteiger partial charge in [-0.3, -0.25) is 9.78 Å². The molecule has 5 N–H and O–H groups in total. The Bertz CT molecular complexity index is 1100. The Morgan fingerprint density at radius 2 is 2.19 bits per heavy atom. The van der Waals surface area contributed by atoms with Gasteiger partial charge in [-0.25, -0.2) is 0 Å². The van der Waals surface area contributed by atoms with Crippen LogP contribution in [0, 0.1) is 0 Å². The van der Waals surface area contributed by atoms with Gasteiger partial charge < -0.3 is 30.8 Å². The smallest absolute Gasteiger partial charge is 0.255 e. The molecule has 0 bridgehead atoms. The molecule has 3 aromatic rings. The van der Waals surface area contributed by atoms with Gasteiger partial charge in [-0.2, -0.15) is 0 Å². The number of methoxy groups -OCH3 is 1. The van der Waals surface area contributed by atoms with E-state index in [-0.39, 0.29) is 5.91 Å². The summed E-state index contributed by atoms with van der Waals surface area (Å²) in [6, 6.07) is 7.27. The summed E-state index contributed by atoms with van der Waals surface area (Å²) in [7, 11) is 1.55. The molecule has 4 rings (SSSR count). The maximum atomic E-state index is 12.8. The molecule has 0 aliphatic carbocycles. The quantitative estimate of drug-likeness (QED) is 0.398. The summed E-state index contributed by atoms with van der Waals surface area (Å²) in [5.41, 5.74) is 9.81. The SMILES string of the molecule is COc1c(Cl)cccc1Nc1c(-c2ccncc2OCCCN)[nH]c2c1C(=O)NCC2. The van der Waals surface area contributed by atoms with Gasteiger partial charge in [0, 0.05) is 30.4 Å². The monoisotopic (exact) mass is 441 g/mol. The van der Waals surface area contributed by atoms with Crippen LogP contribution in [0.25, 0.3) is 11.3 Å². The second-order valence-electron chi connectivity index (χ2n) is 7.04. The van der Waals surface area contributed by atoms with E-state index in [1.807, 2.05) is 18.2 Å². The van der Waals surface area contributed by atoms with Crippen molar-refractivity contribution >= 4 is 28.9 Å². The average Bonchev–Trinajstić information content (AvgIpc) is 3.14. The molecular formula is C22H24ClN5O3. The lowest BCUT2D eigenvalue weighted by Gasteiger charge is -2.17. The van der Waals surface area contributed by atoms with Crippen molar-refractivity contribution in [2.45, 2.75) is 12.8 Å². The summed E-state index contributed by atoms with van der Waals surface area (Å²) in [6.45, 7) is 1.58. The molecule has 0 spiro atoms. The van der Waals surface area contributed by atoms with Crippen LogP contribution in [0.15, 0.2) is 36.7 Å². The zero-order valence-electron chi connectivity index (χ0n) is 17.1. The fourth-order valence-corrected chi connectivity index (χ4v) is 3.87. The van der Waals surface area contributed by atoms with Crippen LogP contribution in [0.1, 0.15) is 22.5 Å². The standard InChI is InChI=1S/C22H24ClN5O3/c1-30-21-14(23)4-2-5-16(21)28-20-18-15(7-10-26-22(18)29)27-19(20)13-6-9-25-12-17(13)31-11-3-8-24/h2,4-6,9,12,27-28H,3,7-8,10-11,24H2,1H3,(H,26,29). The van der Waals surface area contributed by atoms with Gasteiger partial charge in [-0.05, 0) is 31.2 Å². The van der Waals surface area contributed by atoms with Crippen molar-refractivity contribution in [2.24, 2.45) is 5.73 Å². The third-order valence-corrected chi connectivity index (χ3v) is 5.35. The molecule has 2 aromatic heterocycles. The molecule has 162 valence electrons. The van der Waals surface area contributed by atoms with E-state index in [0.717, 1.165) is 23.4 Å².